The van der Waals surface area contributed by atoms with Crippen LogP contribution in [0.1, 0.15) is 220 Å². The van der Waals surface area contributed by atoms with Crippen LogP contribution in [-0.4, -0.2) is 37.2 Å². The van der Waals surface area contributed by atoms with Gasteiger partial charge in [-0.1, -0.05) is 214 Å². The van der Waals surface area contributed by atoms with Crippen LogP contribution in [0.2, 0.25) is 0 Å². The maximum absolute atomic E-state index is 12.8. The maximum atomic E-state index is 12.8. The summed E-state index contributed by atoms with van der Waals surface area (Å²) in [6.07, 6.45) is 65.2. The van der Waals surface area contributed by atoms with Crippen molar-refractivity contribution in [2.24, 2.45) is 0 Å². The van der Waals surface area contributed by atoms with Crippen LogP contribution in [0.4, 0.5) is 0 Å². The van der Waals surface area contributed by atoms with Gasteiger partial charge in [-0.15, -0.1) is 0 Å². The summed E-state index contributed by atoms with van der Waals surface area (Å²) in [5, 5.41) is 0. The van der Waals surface area contributed by atoms with Crippen LogP contribution in [0.25, 0.3) is 0 Å². The fraction of sp³-hybridized carbons (Fsp3) is 0.661. The molecule has 0 amide bonds. The van der Waals surface area contributed by atoms with E-state index >= 15 is 0 Å². The molecule has 0 aromatic heterocycles. The van der Waals surface area contributed by atoms with Crippen LogP contribution in [0.5, 0.6) is 0 Å². The highest BCUT2D eigenvalue weighted by atomic mass is 16.6. The second-order valence-corrected chi connectivity index (χ2v) is 16.5. The molecule has 0 aromatic carbocycles. The summed E-state index contributed by atoms with van der Waals surface area (Å²) in [7, 11) is 0. The molecule has 0 aromatic rings. The Bertz CT molecular complexity index is 1260. The van der Waals surface area contributed by atoms with Crippen molar-refractivity contribution < 1.29 is 28.6 Å². The van der Waals surface area contributed by atoms with Gasteiger partial charge in [0.05, 0.1) is 0 Å². The van der Waals surface area contributed by atoms with Crippen molar-refractivity contribution in [3.05, 3.63) is 97.2 Å². The minimum atomic E-state index is -0.797. The molecular formula is C56H92O6. The molecule has 62 heavy (non-hydrogen) atoms. The minimum Gasteiger partial charge on any atom is -0.462 e. The van der Waals surface area contributed by atoms with Gasteiger partial charge in [-0.25, -0.2) is 0 Å². The van der Waals surface area contributed by atoms with Crippen LogP contribution in [0, 0.1) is 0 Å². The molecule has 0 spiro atoms. The number of hydrogen-bond donors (Lipinski definition) is 0. The van der Waals surface area contributed by atoms with E-state index in [0.29, 0.717) is 19.3 Å². The number of unbranched alkanes of at least 4 members (excludes halogenated alkanes) is 22. The Morgan fingerprint density at radius 3 is 1.08 bits per heavy atom. The highest BCUT2D eigenvalue weighted by Crippen LogP contribution is 2.14. The molecule has 0 saturated carbocycles. The Labute approximate surface area is 381 Å². The van der Waals surface area contributed by atoms with E-state index in [4.69, 9.17) is 14.2 Å². The number of hydrogen-bond acceptors (Lipinski definition) is 6. The summed E-state index contributed by atoms with van der Waals surface area (Å²) in [4.78, 5) is 37.9. The SMILES string of the molecule is CC\C=C/C=C\C=C/CCCCCCCCCC(=O)OC(COC(=O)CCCCCCC\C=C/C=C\C=C/C=C\CCCCC)COC(=O)CCCCCCC/C=C\CCCC. The van der Waals surface area contributed by atoms with E-state index in [-0.39, 0.29) is 31.1 Å². The van der Waals surface area contributed by atoms with Gasteiger partial charge in [0.1, 0.15) is 13.2 Å². The molecule has 1 atom stereocenters. The zero-order valence-electron chi connectivity index (χ0n) is 40.1. The van der Waals surface area contributed by atoms with E-state index < -0.39 is 6.10 Å². The summed E-state index contributed by atoms with van der Waals surface area (Å²) in [6, 6.07) is 0. The maximum Gasteiger partial charge on any atom is 0.306 e. The molecule has 0 fully saturated rings. The summed E-state index contributed by atoms with van der Waals surface area (Å²) in [5.41, 5.74) is 0. The topological polar surface area (TPSA) is 78.9 Å². The van der Waals surface area contributed by atoms with Gasteiger partial charge in [0.2, 0.25) is 0 Å². The first-order chi connectivity index (χ1) is 30.5. The molecule has 0 N–H and O–H groups in total. The molecule has 0 saturated heterocycles. The Balaban J connectivity index is 4.46. The smallest absolute Gasteiger partial charge is 0.306 e. The van der Waals surface area contributed by atoms with E-state index in [1.165, 1.54) is 64.2 Å². The van der Waals surface area contributed by atoms with Gasteiger partial charge in [0, 0.05) is 19.3 Å². The molecule has 6 heteroatoms. The summed E-state index contributed by atoms with van der Waals surface area (Å²) < 4.78 is 16.7. The molecule has 0 heterocycles. The molecule has 352 valence electrons. The lowest BCUT2D eigenvalue weighted by Gasteiger charge is -2.18. The highest BCUT2D eigenvalue weighted by Gasteiger charge is 2.19. The van der Waals surface area contributed by atoms with Crippen molar-refractivity contribution in [2.45, 2.75) is 226 Å². The van der Waals surface area contributed by atoms with Crippen LogP contribution in [0.15, 0.2) is 97.2 Å². The molecule has 6 nitrogen and oxygen atoms in total. The van der Waals surface area contributed by atoms with Crippen molar-refractivity contribution in [1.82, 2.24) is 0 Å². The summed E-state index contributed by atoms with van der Waals surface area (Å²) >= 11 is 0. The second kappa shape index (κ2) is 50.0. The first kappa shape index (κ1) is 58.3. The minimum absolute atomic E-state index is 0.0962. The fourth-order valence-electron chi connectivity index (χ4n) is 6.61. The average Bonchev–Trinajstić information content (AvgIpc) is 3.27. The van der Waals surface area contributed by atoms with Gasteiger partial charge in [0.15, 0.2) is 6.10 Å². The van der Waals surface area contributed by atoms with Gasteiger partial charge >= 0.3 is 17.9 Å². The third-order valence-electron chi connectivity index (χ3n) is 10.4. The summed E-state index contributed by atoms with van der Waals surface area (Å²) in [5.74, 6) is -0.946. The van der Waals surface area contributed by atoms with Gasteiger partial charge < -0.3 is 14.2 Å². The first-order valence-electron chi connectivity index (χ1n) is 25.3. The Morgan fingerprint density at radius 2 is 0.661 bits per heavy atom. The van der Waals surface area contributed by atoms with Crippen LogP contribution >= 0.6 is 0 Å². The molecule has 0 radical (unpaired) electrons. The monoisotopic (exact) mass is 861 g/mol. The normalized spacial score (nSPS) is 12.9. The standard InChI is InChI=1S/C56H92O6/c1-4-7-10-13-16-19-22-24-26-27-28-30-31-34-37-40-43-46-49-55(58)61-52-53(51-60-54(57)48-45-42-39-36-33-21-18-15-12-9-6-3)62-56(59)50-47-44-41-38-35-32-29-25-23-20-17-14-11-8-5-2/h8,11,14-20,22-24,26-28,30,53H,4-7,9-10,12-13,21,25,29,31-52H2,1-3H3/b11-8-,17-14-,18-15-,19-16-,23-20-,24-22-,27-26-,30-28-. The lowest BCUT2D eigenvalue weighted by atomic mass is 10.1. The lowest BCUT2D eigenvalue weighted by molar-refractivity contribution is -0.167. The number of carbonyl (C=O) groups excluding carboxylic acids is 3. The Morgan fingerprint density at radius 1 is 0.339 bits per heavy atom. The second-order valence-electron chi connectivity index (χ2n) is 16.5. The number of allylic oxidation sites excluding steroid dienone is 16. The average molecular weight is 861 g/mol. The number of ether oxygens (including phenoxy) is 3. The van der Waals surface area contributed by atoms with Crippen LogP contribution in [0.3, 0.4) is 0 Å². The van der Waals surface area contributed by atoms with Gasteiger partial charge in [-0.3, -0.25) is 14.4 Å². The Kier molecular flexibility index (Phi) is 47.0. The predicted octanol–water partition coefficient (Wildman–Crippen LogP) is 16.6. The van der Waals surface area contributed by atoms with E-state index in [2.05, 4.69) is 118 Å². The molecule has 0 aliphatic carbocycles. The van der Waals surface area contributed by atoms with Crippen molar-refractivity contribution in [1.29, 1.82) is 0 Å². The zero-order chi connectivity index (χ0) is 45.1. The molecule has 0 rings (SSSR count). The molecule has 0 aliphatic heterocycles. The molecular weight excluding hydrogens is 769 g/mol. The van der Waals surface area contributed by atoms with Crippen LogP contribution < -0.4 is 0 Å². The van der Waals surface area contributed by atoms with Crippen molar-refractivity contribution >= 4 is 17.9 Å². The summed E-state index contributed by atoms with van der Waals surface area (Å²) in [6.45, 7) is 6.38. The van der Waals surface area contributed by atoms with E-state index in [1.807, 2.05) is 0 Å². The number of rotatable bonds is 44. The predicted molar refractivity (Wildman–Crippen MR) is 265 cm³/mol. The van der Waals surface area contributed by atoms with E-state index in [0.717, 1.165) is 116 Å². The third kappa shape index (κ3) is 47.4. The van der Waals surface area contributed by atoms with Gasteiger partial charge in [-0.05, 0) is 83.5 Å². The largest absolute Gasteiger partial charge is 0.462 e. The molecule has 0 aliphatic rings. The van der Waals surface area contributed by atoms with E-state index in [9.17, 15) is 14.4 Å². The van der Waals surface area contributed by atoms with Crippen molar-refractivity contribution in [3.8, 4) is 0 Å². The zero-order valence-corrected chi connectivity index (χ0v) is 40.1. The third-order valence-corrected chi connectivity index (χ3v) is 10.4. The van der Waals surface area contributed by atoms with Crippen molar-refractivity contribution in [3.63, 3.8) is 0 Å². The van der Waals surface area contributed by atoms with Gasteiger partial charge in [-0.2, -0.15) is 0 Å². The number of carbonyl (C=O) groups is 3. The number of esters is 3. The first-order valence-corrected chi connectivity index (χ1v) is 25.3. The highest BCUT2D eigenvalue weighted by molar-refractivity contribution is 5.71. The lowest BCUT2D eigenvalue weighted by Crippen LogP contribution is -2.30. The van der Waals surface area contributed by atoms with Crippen LogP contribution in [-0.2, 0) is 28.6 Å². The van der Waals surface area contributed by atoms with Gasteiger partial charge in [0.25, 0.3) is 0 Å². The quantitative estimate of drug-likeness (QED) is 0.0200. The Hall–Kier alpha value is -3.67. The fourth-order valence-corrected chi connectivity index (χ4v) is 6.61. The molecule has 1 unspecified atom stereocenters. The van der Waals surface area contributed by atoms with E-state index in [1.54, 1.807) is 0 Å². The van der Waals surface area contributed by atoms with Crippen molar-refractivity contribution in [2.75, 3.05) is 13.2 Å². The molecule has 0 bridgehead atoms.